The second-order valence-electron chi connectivity index (χ2n) is 4.06. The van der Waals surface area contributed by atoms with E-state index in [4.69, 9.17) is 10.5 Å². The molecule has 1 unspecified atom stereocenters. The van der Waals surface area contributed by atoms with E-state index >= 15 is 0 Å². The predicted molar refractivity (Wildman–Crippen MR) is 66.5 cm³/mol. The van der Waals surface area contributed by atoms with Crippen LogP contribution in [0.1, 0.15) is 19.8 Å². The number of rotatable bonds is 9. The van der Waals surface area contributed by atoms with E-state index in [1.807, 2.05) is 0 Å². The second-order valence-corrected chi connectivity index (χ2v) is 4.06. The Bertz CT molecular complexity index is 283. The van der Waals surface area contributed by atoms with E-state index in [1.165, 1.54) is 6.08 Å². The van der Waals surface area contributed by atoms with Crippen molar-refractivity contribution in [3.63, 3.8) is 0 Å². The first-order valence-electron chi connectivity index (χ1n) is 6.11. The molecule has 0 aliphatic rings. The number of halogens is 3. The molecule has 19 heavy (non-hydrogen) atoms. The van der Waals surface area contributed by atoms with Crippen molar-refractivity contribution in [3.8, 4) is 0 Å². The third-order valence-electron chi connectivity index (χ3n) is 2.34. The minimum Gasteiger partial charge on any atom is -0.382 e. The second kappa shape index (κ2) is 8.92. The first kappa shape index (κ1) is 17.9. The summed E-state index contributed by atoms with van der Waals surface area (Å²) in [5.74, 6) is -0.714. The van der Waals surface area contributed by atoms with Crippen LogP contribution in [0.2, 0.25) is 0 Å². The Labute approximate surface area is 111 Å². The zero-order chi connectivity index (χ0) is 14.9. The molecule has 0 aliphatic heterocycles. The number of nitrogens with two attached hydrogens (primary N) is 1. The zero-order valence-corrected chi connectivity index (χ0v) is 11.1. The lowest BCUT2D eigenvalue weighted by molar-refractivity contribution is -0.162. The van der Waals surface area contributed by atoms with Gasteiger partial charge in [0.25, 0.3) is 0 Å². The van der Waals surface area contributed by atoms with Gasteiger partial charge in [0.15, 0.2) is 0 Å². The van der Waals surface area contributed by atoms with Gasteiger partial charge in [-0.3, -0.25) is 4.79 Å². The van der Waals surface area contributed by atoms with E-state index in [-0.39, 0.29) is 13.0 Å². The lowest BCUT2D eigenvalue weighted by Crippen LogP contribution is -2.47. The Balaban J connectivity index is 4.47. The Morgan fingerprint density at radius 2 is 2.16 bits per heavy atom. The number of carbonyl (C=O) groups is 1. The summed E-state index contributed by atoms with van der Waals surface area (Å²) in [7, 11) is 0. The smallest absolute Gasteiger partial charge is 0.382 e. The van der Waals surface area contributed by atoms with Crippen molar-refractivity contribution in [3.05, 3.63) is 12.7 Å². The molecule has 0 radical (unpaired) electrons. The molecule has 1 atom stereocenters. The number of hydrogen-bond donors (Lipinski definition) is 1. The maximum atomic E-state index is 12.4. The Morgan fingerprint density at radius 3 is 2.63 bits per heavy atom. The van der Waals surface area contributed by atoms with Gasteiger partial charge >= 0.3 is 6.18 Å². The summed E-state index contributed by atoms with van der Waals surface area (Å²) in [4.78, 5) is 12.5. The molecule has 0 fully saturated rings. The van der Waals surface area contributed by atoms with Crippen molar-refractivity contribution in [1.29, 1.82) is 0 Å². The van der Waals surface area contributed by atoms with Gasteiger partial charge in [0, 0.05) is 19.8 Å². The summed E-state index contributed by atoms with van der Waals surface area (Å²) in [5, 5.41) is 0. The van der Waals surface area contributed by atoms with Crippen LogP contribution < -0.4 is 5.73 Å². The van der Waals surface area contributed by atoms with E-state index < -0.39 is 24.7 Å². The average molecular weight is 282 g/mol. The highest BCUT2D eigenvalue weighted by atomic mass is 19.4. The number of carbonyl (C=O) groups excluding carboxylic acids is 1. The highest BCUT2D eigenvalue weighted by Crippen LogP contribution is 2.17. The molecule has 0 aromatic rings. The maximum absolute atomic E-state index is 12.4. The van der Waals surface area contributed by atoms with E-state index in [0.29, 0.717) is 19.6 Å². The number of hydrogen-bond acceptors (Lipinski definition) is 3. The predicted octanol–water partition coefficient (Wildman–Crippen LogP) is 1.71. The molecule has 0 aromatic carbocycles. The first-order valence-corrected chi connectivity index (χ1v) is 6.11. The van der Waals surface area contributed by atoms with Gasteiger partial charge in [-0.25, -0.2) is 0 Å². The fraction of sp³-hybridized carbons (Fsp3) is 0.750. The Morgan fingerprint density at radius 1 is 1.53 bits per heavy atom. The first-order chi connectivity index (χ1) is 8.81. The van der Waals surface area contributed by atoms with Gasteiger partial charge in [-0.1, -0.05) is 6.08 Å². The molecule has 0 bridgehead atoms. The van der Waals surface area contributed by atoms with Crippen LogP contribution in [-0.4, -0.2) is 49.3 Å². The monoisotopic (exact) mass is 282 g/mol. The largest absolute Gasteiger partial charge is 0.406 e. The van der Waals surface area contributed by atoms with Crippen molar-refractivity contribution in [2.45, 2.75) is 32.0 Å². The quantitative estimate of drug-likeness (QED) is 0.517. The highest BCUT2D eigenvalue weighted by Gasteiger charge is 2.34. The van der Waals surface area contributed by atoms with Crippen LogP contribution >= 0.6 is 0 Å². The van der Waals surface area contributed by atoms with Crippen molar-refractivity contribution in [2.24, 2.45) is 5.73 Å². The molecule has 0 saturated carbocycles. The van der Waals surface area contributed by atoms with Gasteiger partial charge in [0.1, 0.15) is 6.54 Å². The van der Waals surface area contributed by atoms with Crippen LogP contribution in [0.5, 0.6) is 0 Å². The molecular formula is C12H21F3N2O2. The van der Waals surface area contributed by atoms with Gasteiger partial charge in [-0.05, 0) is 19.8 Å². The maximum Gasteiger partial charge on any atom is 0.406 e. The minimum atomic E-state index is -4.44. The van der Waals surface area contributed by atoms with Crippen molar-refractivity contribution in [1.82, 2.24) is 4.90 Å². The minimum absolute atomic E-state index is 0.0246. The average Bonchev–Trinajstić information content (AvgIpc) is 2.31. The van der Waals surface area contributed by atoms with Gasteiger partial charge in [0.2, 0.25) is 5.91 Å². The summed E-state index contributed by atoms with van der Waals surface area (Å²) in [6, 6.07) is -0.980. The molecule has 0 aliphatic carbocycles. The molecule has 0 saturated heterocycles. The van der Waals surface area contributed by atoms with Crippen molar-refractivity contribution < 1.29 is 22.7 Å². The van der Waals surface area contributed by atoms with Crippen LogP contribution in [0.3, 0.4) is 0 Å². The third-order valence-corrected chi connectivity index (χ3v) is 2.34. The van der Waals surface area contributed by atoms with Crippen LogP contribution in [-0.2, 0) is 9.53 Å². The van der Waals surface area contributed by atoms with Crippen molar-refractivity contribution in [2.75, 3.05) is 26.3 Å². The summed E-state index contributed by atoms with van der Waals surface area (Å²) in [6.07, 6.45) is -2.53. The molecular weight excluding hydrogens is 261 g/mol. The van der Waals surface area contributed by atoms with Crippen molar-refractivity contribution >= 4 is 5.91 Å². The third kappa shape index (κ3) is 8.61. The summed E-state index contributed by atoms with van der Waals surface area (Å²) in [5.41, 5.74) is 5.52. The highest BCUT2D eigenvalue weighted by molar-refractivity contribution is 5.81. The van der Waals surface area contributed by atoms with Gasteiger partial charge in [0.05, 0.1) is 6.04 Å². The fourth-order valence-corrected chi connectivity index (χ4v) is 1.50. The fourth-order valence-electron chi connectivity index (χ4n) is 1.50. The molecule has 0 heterocycles. The standard InChI is InChI=1S/C12H21F3N2O2/c1-3-6-10(16)11(18)17(9-12(13,14)15)7-5-8-19-4-2/h3,10H,1,4-9,16H2,2H3. The van der Waals surface area contributed by atoms with Crippen LogP contribution in [0.4, 0.5) is 13.2 Å². The number of amides is 1. The van der Waals surface area contributed by atoms with Gasteiger partial charge in [-0.2, -0.15) is 13.2 Å². The normalized spacial score (nSPS) is 13.1. The van der Waals surface area contributed by atoms with Gasteiger partial charge in [-0.15, -0.1) is 6.58 Å². The van der Waals surface area contributed by atoms with E-state index in [0.717, 1.165) is 4.90 Å². The Kier molecular flexibility index (Phi) is 8.42. The summed E-state index contributed by atoms with van der Waals surface area (Å²) < 4.78 is 42.2. The topological polar surface area (TPSA) is 55.6 Å². The lowest BCUT2D eigenvalue weighted by atomic mass is 10.2. The molecule has 0 aromatic heterocycles. The van der Waals surface area contributed by atoms with Gasteiger partial charge < -0.3 is 15.4 Å². The molecule has 4 nitrogen and oxygen atoms in total. The SMILES string of the molecule is C=CCC(N)C(=O)N(CCCOCC)CC(F)(F)F. The number of ether oxygens (including phenoxy) is 1. The number of nitrogens with zero attached hydrogens (tertiary/aromatic N) is 1. The number of alkyl halides is 3. The molecule has 0 rings (SSSR count). The van der Waals surface area contributed by atoms with E-state index in [9.17, 15) is 18.0 Å². The molecule has 7 heteroatoms. The zero-order valence-electron chi connectivity index (χ0n) is 11.1. The van der Waals surface area contributed by atoms with Crippen LogP contribution in [0.25, 0.3) is 0 Å². The molecule has 2 N–H and O–H groups in total. The van der Waals surface area contributed by atoms with E-state index in [1.54, 1.807) is 6.92 Å². The summed E-state index contributed by atoms with van der Waals surface area (Å²) >= 11 is 0. The van der Waals surface area contributed by atoms with Crippen LogP contribution in [0.15, 0.2) is 12.7 Å². The summed E-state index contributed by atoms with van der Waals surface area (Å²) in [6.45, 7) is 4.69. The lowest BCUT2D eigenvalue weighted by Gasteiger charge is -2.26. The Hall–Kier alpha value is -1.08. The molecule has 112 valence electrons. The molecule has 1 amide bonds. The molecule has 0 spiro atoms. The van der Waals surface area contributed by atoms with Crippen LogP contribution in [0, 0.1) is 0 Å². The van der Waals surface area contributed by atoms with E-state index in [2.05, 4.69) is 6.58 Å².